The van der Waals surface area contributed by atoms with E-state index in [4.69, 9.17) is 5.73 Å². The molecule has 0 aliphatic heterocycles. The molecule has 4 nitrogen and oxygen atoms in total. The number of primary amides is 1. The van der Waals surface area contributed by atoms with Gasteiger partial charge in [0.2, 0.25) is 0 Å². The van der Waals surface area contributed by atoms with Gasteiger partial charge in [0.1, 0.15) is 5.00 Å². The van der Waals surface area contributed by atoms with E-state index in [1.807, 2.05) is 12.1 Å². The van der Waals surface area contributed by atoms with Crippen LogP contribution in [-0.2, 0) is 25.7 Å². The highest BCUT2D eigenvalue weighted by atomic mass is 32.1. The lowest BCUT2D eigenvalue weighted by Crippen LogP contribution is -2.18. The van der Waals surface area contributed by atoms with Gasteiger partial charge in [0.25, 0.3) is 11.8 Å². The van der Waals surface area contributed by atoms with Crippen molar-refractivity contribution in [2.75, 3.05) is 5.32 Å². The standard InChI is InChI=1S/C20H22N2O2S/c21-18(23)17-15-7-2-1-3-8-16(15)25-20(17)22-19(24)14-10-9-12-5-4-6-13(12)11-14/h9-11H,1-8H2,(H2,21,23)(H,22,24). The van der Waals surface area contributed by atoms with Gasteiger partial charge in [0.05, 0.1) is 5.56 Å². The number of rotatable bonds is 3. The molecule has 2 aliphatic carbocycles. The number of hydrogen-bond acceptors (Lipinski definition) is 3. The van der Waals surface area contributed by atoms with Crippen LogP contribution in [0.25, 0.3) is 0 Å². The predicted molar refractivity (Wildman–Crippen MR) is 101 cm³/mol. The maximum Gasteiger partial charge on any atom is 0.256 e. The molecule has 1 aromatic carbocycles. The minimum absolute atomic E-state index is 0.159. The fourth-order valence-electron chi connectivity index (χ4n) is 3.98. The van der Waals surface area contributed by atoms with Gasteiger partial charge in [-0.25, -0.2) is 0 Å². The number of nitrogens with one attached hydrogen (secondary N) is 1. The number of amides is 2. The Hall–Kier alpha value is -2.14. The van der Waals surface area contributed by atoms with Gasteiger partial charge in [-0.1, -0.05) is 12.5 Å². The van der Waals surface area contributed by atoms with E-state index in [2.05, 4.69) is 11.4 Å². The first-order chi connectivity index (χ1) is 12.1. The zero-order valence-electron chi connectivity index (χ0n) is 14.2. The Morgan fingerprint density at radius 2 is 1.76 bits per heavy atom. The van der Waals surface area contributed by atoms with Gasteiger partial charge in [0, 0.05) is 10.4 Å². The number of aryl methyl sites for hydroxylation is 3. The molecule has 2 amide bonds. The Balaban J connectivity index is 1.64. The van der Waals surface area contributed by atoms with Gasteiger partial charge in [-0.05, 0) is 73.8 Å². The fourth-order valence-corrected chi connectivity index (χ4v) is 5.27. The molecule has 0 bridgehead atoms. The second-order valence-corrected chi connectivity index (χ2v) is 8.03. The second-order valence-electron chi connectivity index (χ2n) is 6.92. The van der Waals surface area contributed by atoms with Crippen molar-refractivity contribution in [3.8, 4) is 0 Å². The van der Waals surface area contributed by atoms with Crippen molar-refractivity contribution in [3.63, 3.8) is 0 Å². The molecular weight excluding hydrogens is 332 g/mol. The third-order valence-electron chi connectivity index (χ3n) is 5.26. The van der Waals surface area contributed by atoms with E-state index in [1.165, 1.54) is 33.8 Å². The molecule has 2 aliphatic rings. The normalized spacial score (nSPS) is 16.0. The Labute approximate surface area is 151 Å². The zero-order chi connectivity index (χ0) is 17.4. The van der Waals surface area contributed by atoms with E-state index in [-0.39, 0.29) is 5.91 Å². The van der Waals surface area contributed by atoms with Crippen LogP contribution in [0.15, 0.2) is 18.2 Å². The molecule has 1 heterocycles. The molecule has 0 radical (unpaired) electrons. The number of anilines is 1. The predicted octanol–water partition coefficient (Wildman–Crippen LogP) is 3.86. The van der Waals surface area contributed by atoms with Crippen molar-refractivity contribution in [1.82, 2.24) is 0 Å². The van der Waals surface area contributed by atoms with Gasteiger partial charge in [-0.15, -0.1) is 11.3 Å². The van der Waals surface area contributed by atoms with Gasteiger partial charge in [0.15, 0.2) is 0 Å². The van der Waals surface area contributed by atoms with Gasteiger partial charge >= 0.3 is 0 Å². The van der Waals surface area contributed by atoms with E-state index >= 15 is 0 Å². The van der Waals surface area contributed by atoms with Crippen molar-refractivity contribution in [1.29, 1.82) is 0 Å². The molecule has 0 saturated heterocycles. The summed E-state index contributed by atoms with van der Waals surface area (Å²) in [5.74, 6) is -0.600. The number of hydrogen-bond donors (Lipinski definition) is 2. The first-order valence-electron chi connectivity index (χ1n) is 9.01. The SMILES string of the molecule is NC(=O)c1c(NC(=O)c2ccc3c(c2)CCC3)sc2c1CCCCC2. The van der Waals surface area contributed by atoms with Crippen LogP contribution in [-0.4, -0.2) is 11.8 Å². The van der Waals surface area contributed by atoms with Gasteiger partial charge in [-0.3, -0.25) is 9.59 Å². The first-order valence-corrected chi connectivity index (χ1v) is 9.82. The summed E-state index contributed by atoms with van der Waals surface area (Å²) in [7, 11) is 0. The van der Waals surface area contributed by atoms with Crippen molar-refractivity contribution >= 4 is 28.2 Å². The number of nitrogens with two attached hydrogens (primary N) is 1. The van der Waals surface area contributed by atoms with Crippen molar-refractivity contribution in [2.24, 2.45) is 5.73 Å². The Kier molecular flexibility index (Phi) is 4.34. The Bertz CT molecular complexity index is 854. The number of carbonyl (C=O) groups excluding carboxylic acids is 2. The Morgan fingerprint density at radius 1 is 0.960 bits per heavy atom. The quantitative estimate of drug-likeness (QED) is 0.822. The average Bonchev–Trinajstić information content (AvgIpc) is 3.12. The average molecular weight is 354 g/mol. The summed E-state index contributed by atoms with van der Waals surface area (Å²) in [6.07, 6.45) is 8.51. The highest BCUT2D eigenvalue weighted by Crippen LogP contribution is 2.37. The number of carbonyl (C=O) groups is 2. The lowest BCUT2D eigenvalue weighted by molar-refractivity contribution is 0.100. The van der Waals surface area contributed by atoms with Crippen LogP contribution in [0.2, 0.25) is 0 Å². The smallest absolute Gasteiger partial charge is 0.256 e. The molecule has 2 aromatic rings. The summed E-state index contributed by atoms with van der Waals surface area (Å²) in [5.41, 5.74) is 10.5. The highest BCUT2D eigenvalue weighted by Gasteiger charge is 2.24. The maximum absolute atomic E-state index is 12.7. The van der Waals surface area contributed by atoms with Crippen molar-refractivity contribution in [2.45, 2.75) is 51.4 Å². The molecule has 130 valence electrons. The molecular formula is C20H22N2O2S. The van der Waals surface area contributed by atoms with Crippen molar-refractivity contribution in [3.05, 3.63) is 50.9 Å². The molecule has 1 aromatic heterocycles. The molecule has 5 heteroatoms. The molecule has 4 rings (SSSR count). The molecule has 0 spiro atoms. The number of fused-ring (bicyclic) bond motifs is 2. The summed E-state index contributed by atoms with van der Waals surface area (Å²) in [4.78, 5) is 25.9. The summed E-state index contributed by atoms with van der Waals surface area (Å²) in [6.45, 7) is 0. The van der Waals surface area contributed by atoms with Crippen LogP contribution < -0.4 is 11.1 Å². The minimum atomic E-state index is -0.441. The molecule has 0 fully saturated rings. The van der Waals surface area contributed by atoms with Crippen LogP contribution in [0, 0.1) is 0 Å². The molecule has 3 N–H and O–H groups in total. The first kappa shape index (κ1) is 16.3. The minimum Gasteiger partial charge on any atom is -0.365 e. The number of thiophene rings is 1. The summed E-state index contributed by atoms with van der Waals surface area (Å²) < 4.78 is 0. The third kappa shape index (κ3) is 3.09. The number of benzene rings is 1. The van der Waals surface area contributed by atoms with E-state index in [0.717, 1.165) is 50.5 Å². The largest absolute Gasteiger partial charge is 0.365 e. The summed E-state index contributed by atoms with van der Waals surface area (Å²) in [5, 5.41) is 3.57. The summed E-state index contributed by atoms with van der Waals surface area (Å²) in [6, 6.07) is 5.91. The Morgan fingerprint density at radius 3 is 2.60 bits per heavy atom. The topological polar surface area (TPSA) is 72.2 Å². The molecule has 0 atom stereocenters. The summed E-state index contributed by atoms with van der Waals surface area (Å²) >= 11 is 1.52. The lowest BCUT2D eigenvalue weighted by Gasteiger charge is -2.08. The van der Waals surface area contributed by atoms with Crippen LogP contribution in [0.1, 0.15) is 68.0 Å². The monoisotopic (exact) mass is 354 g/mol. The molecule has 25 heavy (non-hydrogen) atoms. The molecule has 0 saturated carbocycles. The van der Waals surface area contributed by atoms with E-state index < -0.39 is 5.91 Å². The second kappa shape index (κ2) is 6.64. The van der Waals surface area contributed by atoms with E-state index in [1.54, 1.807) is 0 Å². The highest BCUT2D eigenvalue weighted by molar-refractivity contribution is 7.17. The van der Waals surface area contributed by atoms with Crippen LogP contribution in [0.4, 0.5) is 5.00 Å². The van der Waals surface area contributed by atoms with E-state index in [0.29, 0.717) is 16.1 Å². The van der Waals surface area contributed by atoms with Crippen LogP contribution in [0.5, 0.6) is 0 Å². The lowest BCUT2D eigenvalue weighted by atomic mass is 10.0. The van der Waals surface area contributed by atoms with Gasteiger partial charge < -0.3 is 11.1 Å². The van der Waals surface area contributed by atoms with Crippen molar-refractivity contribution < 1.29 is 9.59 Å². The van der Waals surface area contributed by atoms with E-state index in [9.17, 15) is 9.59 Å². The maximum atomic E-state index is 12.7. The van der Waals surface area contributed by atoms with Crippen LogP contribution >= 0.6 is 11.3 Å². The van der Waals surface area contributed by atoms with Crippen LogP contribution in [0.3, 0.4) is 0 Å². The molecule has 0 unspecified atom stereocenters. The zero-order valence-corrected chi connectivity index (χ0v) is 15.0. The third-order valence-corrected chi connectivity index (χ3v) is 6.46. The van der Waals surface area contributed by atoms with Gasteiger partial charge in [-0.2, -0.15) is 0 Å². The fraction of sp³-hybridized carbons (Fsp3) is 0.400.